The molecule has 0 heterocycles. The Hall–Kier alpha value is -2.90. The Morgan fingerprint density at radius 2 is 1.78 bits per heavy atom. The number of aryl methyl sites for hydroxylation is 1. The highest BCUT2D eigenvalue weighted by Crippen LogP contribution is 2.23. The van der Waals surface area contributed by atoms with E-state index in [1.807, 2.05) is 31.2 Å². The number of carbonyl (C=O) groups is 2. The fourth-order valence-corrected chi connectivity index (χ4v) is 2.44. The average molecular weight is 372 g/mol. The van der Waals surface area contributed by atoms with Gasteiger partial charge in [0.1, 0.15) is 5.75 Å². The molecule has 144 valence electrons. The van der Waals surface area contributed by atoms with Crippen molar-refractivity contribution in [2.75, 3.05) is 32.2 Å². The Balaban J connectivity index is 1.97. The molecule has 7 nitrogen and oxygen atoms in total. The lowest BCUT2D eigenvalue weighted by Crippen LogP contribution is -2.38. The van der Waals surface area contributed by atoms with Crippen LogP contribution in [0.15, 0.2) is 48.5 Å². The van der Waals surface area contributed by atoms with E-state index >= 15 is 0 Å². The number of amides is 2. The summed E-state index contributed by atoms with van der Waals surface area (Å²) in [5.74, 6) is -1.13. The van der Waals surface area contributed by atoms with Crippen LogP contribution in [0.5, 0.6) is 5.75 Å². The first-order valence-electron chi connectivity index (χ1n) is 8.56. The maximum Gasteiger partial charge on any atom is 0.313 e. The number of rotatable bonds is 8. The maximum absolute atomic E-state index is 12.1. The number of anilines is 1. The minimum Gasteiger partial charge on any atom is -0.495 e. The van der Waals surface area contributed by atoms with Gasteiger partial charge in [0, 0.05) is 6.54 Å². The lowest BCUT2D eigenvalue weighted by atomic mass is 10.1. The molecule has 27 heavy (non-hydrogen) atoms. The van der Waals surface area contributed by atoms with Gasteiger partial charge in [0.2, 0.25) is 0 Å². The monoisotopic (exact) mass is 372 g/mol. The predicted molar refractivity (Wildman–Crippen MR) is 102 cm³/mol. The van der Waals surface area contributed by atoms with E-state index in [9.17, 15) is 9.59 Å². The zero-order valence-corrected chi connectivity index (χ0v) is 15.4. The van der Waals surface area contributed by atoms with Crippen molar-refractivity contribution in [3.05, 3.63) is 59.7 Å². The van der Waals surface area contributed by atoms with Gasteiger partial charge >= 0.3 is 11.8 Å². The third kappa shape index (κ3) is 6.09. The molecule has 0 spiro atoms. The number of ether oxygens (including phenoxy) is 2. The molecule has 0 aliphatic heterocycles. The van der Waals surface area contributed by atoms with E-state index in [1.165, 1.54) is 7.11 Å². The molecule has 0 fully saturated rings. The van der Waals surface area contributed by atoms with Gasteiger partial charge in [-0.2, -0.15) is 0 Å². The standard InChI is InChI=1S/C20H24N2O5/c1-14-7-9-15(10-8-14)18(27-12-11-23)13-21-19(24)20(25)22-16-5-3-4-6-17(16)26-2/h3-10,18,23H,11-13H2,1-2H3,(H,21,24)(H,22,25). The van der Waals surface area contributed by atoms with Crippen molar-refractivity contribution in [2.24, 2.45) is 0 Å². The summed E-state index contributed by atoms with van der Waals surface area (Å²) in [5, 5.41) is 14.1. The van der Waals surface area contributed by atoms with Crippen molar-refractivity contribution in [2.45, 2.75) is 13.0 Å². The molecule has 0 radical (unpaired) electrons. The summed E-state index contributed by atoms with van der Waals surface area (Å²) in [6, 6.07) is 14.5. The van der Waals surface area contributed by atoms with Crippen molar-refractivity contribution in [3.63, 3.8) is 0 Å². The number of nitrogens with one attached hydrogen (secondary N) is 2. The molecular formula is C20H24N2O5. The third-order valence-corrected chi connectivity index (χ3v) is 3.87. The Morgan fingerprint density at radius 1 is 1.07 bits per heavy atom. The van der Waals surface area contributed by atoms with Crippen LogP contribution in [-0.4, -0.2) is 43.8 Å². The summed E-state index contributed by atoms with van der Waals surface area (Å²) in [4.78, 5) is 24.3. The number of para-hydroxylation sites is 2. The molecule has 0 saturated carbocycles. The quantitative estimate of drug-likeness (QED) is 0.614. The predicted octanol–water partition coefficient (Wildman–Crippen LogP) is 1.81. The third-order valence-electron chi connectivity index (χ3n) is 3.87. The van der Waals surface area contributed by atoms with E-state index in [-0.39, 0.29) is 19.8 Å². The van der Waals surface area contributed by atoms with Gasteiger partial charge < -0.3 is 25.2 Å². The second-order valence-corrected chi connectivity index (χ2v) is 5.86. The van der Waals surface area contributed by atoms with E-state index in [0.29, 0.717) is 11.4 Å². The molecular weight excluding hydrogens is 348 g/mol. The van der Waals surface area contributed by atoms with Gasteiger partial charge in [-0.05, 0) is 24.6 Å². The molecule has 2 amide bonds. The molecule has 0 bridgehead atoms. The molecule has 7 heteroatoms. The van der Waals surface area contributed by atoms with Crippen LogP contribution in [0, 0.1) is 6.92 Å². The van der Waals surface area contributed by atoms with Gasteiger partial charge in [0.25, 0.3) is 0 Å². The first kappa shape index (κ1) is 20.4. The van der Waals surface area contributed by atoms with Crippen LogP contribution in [0.25, 0.3) is 0 Å². The minimum atomic E-state index is -0.802. The van der Waals surface area contributed by atoms with Crippen LogP contribution in [0.4, 0.5) is 5.69 Å². The Labute approximate surface area is 158 Å². The fourth-order valence-electron chi connectivity index (χ4n) is 2.44. The molecule has 1 atom stereocenters. The summed E-state index contributed by atoms with van der Waals surface area (Å²) in [6.07, 6.45) is -0.472. The van der Waals surface area contributed by atoms with Crippen molar-refractivity contribution in [3.8, 4) is 5.75 Å². The van der Waals surface area contributed by atoms with Crippen molar-refractivity contribution in [1.29, 1.82) is 0 Å². The van der Waals surface area contributed by atoms with Crippen LogP contribution in [0.1, 0.15) is 17.2 Å². The molecule has 0 aliphatic carbocycles. The van der Waals surface area contributed by atoms with Gasteiger partial charge in [-0.15, -0.1) is 0 Å². The largest absolute Gasteiger partial charge is 0.495 e. The number of benzene rings is 2. The number of methoxy groups -OCH3 is 1. The van der Waals surface area contributed by atoms with E-state index in [1.54, 1.807) is 24.3 Å². The highest BCUT2D eigenvalue weighted by atomic mass is 16.5. The van der Waals surface area contributed by atoms with Crippen molar-refractivity contribution >= 4 is 17.5 Å². The Kier molecular flexibility index (Phi) is 7.79. The summed E-state index contributed by atoms with van der Waals surface area (Å²) in [7, 11) is 1.48. The number of hydrogen-bond donors (Lipinski definition) is 3. The molecule has 2 aromatic carbocycles. The van der Waals surface area contributed by atoms with Crippen LogP contribution in [-0.2, 0) is 14.3 Å². The van der Waals surface area contributed by atoms with Gasteiger partial charge in [0.05, 0.1) is 32.1 Å². The minimum absolute atomic E-state index is 0.0985. The average Bonchev–Trinajstić information content (AvgIpc) is 2.69. The zero-order valence-electron chi connectivity index (χ0n) is 15.4. The van der Waals surface area contributed by atoms with E-state index in [2.05, 4.69) is 10.6 Å². The number of hydrogen-bond acceptors (Lipinski definition) is 5. The molecule has 3 N–H and O–H groups in total. The summed E-state index contributed by atoms with van der Waals surface area (Å²) in [5.41, 5.74) is 2.35. The highest BCUT2D eigenvalue weighted by Gasteiger charge is 2.19. The smallest absolute Gasteiger partial charge is 0.313 e. The molecule has 0 aromatic heterocycles. The van der Waals surface area contributed by atoms with Gasteiger partial charge in [-0.25, -0.2) is 0 Å². The number of carbonyl (C=O) groups excluding carboxylic acids is 2. The normalized spacial score (nSPS) is 11.5. The molecule has 1 unspecified atom stereocenters. The first-order valence-corrected chi connectivity index (χ1v) is 8.56. The first-order chi connectivity index (χ1) is 13.0. The number of aliphatic hydroxyl groups excluding tert-OH is 1. The van der Waals surface area contributed by atoms with Crippen LogP contribution in [0.3, 0.4) is 0 Å². The summed E-state index contributed by atoms with van der Waals surface area (Å²) < 4.78 is 10.7. The van der Waals surface area contributed by atoms with E-state index < -0.39 is 17.9 Å². The Bertz CT molecular complexity index is 761. The zero-order chi connectivity index (χ0) is 19.6. The van der Waals surface area contributed by atoms with Crippen molar-refractivity contribution < 1.29 is 24.2 Å². The van der Waals surface area contributed by atoms with E-state index in [4.69, 9.17) is 14.6 Å². The molecule has 2 aromatic rings. The summed E-state index contributed by atoms with van der Waals surface area (Å²) in [6.45, 7) is 2.06. The van der Waals surface area contributed by atoms with Gasteiger partial charge in [-0.3, -0.25) is 9.59 Å². The fraction of sp³-hybridized carbons (Fsp3) is 0.300. The second-order valence-electron chi connectivity index (χ2n) is 5.86. The maximum atomic E-state index is 12.1. The SMILES string of the molecule is COc1ccccc1NC(=O)C(=O)NCC(OCCO)c1ccc(C)cc1. The van der Waals surface area contributed by atoms with Crippen LogP contribution in [0.2, 0.25) is 0 Å². The lowest BCUT2D eigenvalue weighted by molar-refractivity contribution is -0.136. The second kappa shape index (κ2) is 10.3. The van der Waals surface area contributed by atoms with Gasteiger partial charge in [0.15, 0.2) is 0 Å². The van der Waals surface area contributed by atoms with Crippen molar-refractivity contribution in [1.82, 2.24) is 5.32 Å². The summed E-state index contributed by atoms with van der Waals surface area (Å²) >= 11 is 0. The topological polar surface area (TPSA) is 96.9 Å². The molecule has 0 aliphatic rings. The van der Waals surface area contributed by atoms with E-state index in [0.717, 1.165) is 11.1 Å². The highest BCUT2D eigenvalue weighted by molar-refractivity contribution is 6.39. The van der Waals surface area contributed by atoms with Gasteiger partial charge in [-0.1, -0.05) is 42.0 Å². The lowest BCUT2D eigenvalue weighted by Gasteiger charge is -2.19. The van der Waals surface area contributed by atoms with Crippen LogP contribution < -0.4 is 15.4 Å². The molecule has 2 rings (SSSR count). The van der Waals surface area contributed by atoms with Crippen LogP contribution >= 0.6 is 0 Å². The Morgan fingerprint density at radius 3 is 2.44 bits per heavy atom. The number of aliphatic hydroxyl groups is 1. The molecule has 0 saturated heterocycles.